The standard InChI is InChI=1S/C12H9BrN2O2/c13-10-3-4-12(16)9(6-10)7-14-15-8-11-2-1-5-17-11/h1-8,16H. The molecule has 2 aromatic rings. The molecule has 5 heteroatoms. The number of rotatable bonds is 3. The van der Waals surface area contributed by atoms with Crippen LogP contribution in [0.2, 0.25) is 0 Å². The molecule has 0 unspecified atom stereocenters. The number of aromatic hydroxyl groups is 1. The molecule has 17 heavy (non-hydrogen) atoms. The van der Waals surface area contributed by atoms with Crippen LogP contribution in [0.5, 0.6) is 5.75 Å². The van der Waals surface area contributed by atoms with Gasteiger partial charge in [-0.2, -0.15) is 10.2 Å². The minimum atomic E-state index is 0.158. The van der Waals surface area contributed by atoms with Crippen molar-refractivity contribution in [1.82, 2.24) is 0 Å². The average molecular weight is 293 g/mol. The number of halogens is 1. The molecule has 0 aliphatic heterocycles. The van der Waals surface area contributed by atoms with E-state index in [1.54, 1.807) is 36.6 Å². The van der Waals surface area contributed by atoms with Crippen molar-refractivity contribution in [2.75, 3.05) is 0 Å². The number of hydrogen-bond acceptors (Lipinski definition) is 4. The lowest BCUT2D eigenvalue weighted by molar-refractivity contribution is 0.474. The molecule has 0 saturated heterocycles. The quantitative estimate of drug-likeness (QED) is 0.698. The predicted octanol–water partition coefficient (Wildman–Crippen LogP) is 3.20. The van der Waals surface area contributed by atoms with E-state index < -0.39 is 0 Å². The Labute approximate surface area is 106 Å². The third kappa shape index (κ3) is 3.29. The van der Waals surface area contributed by atoms with Crippen LogP contribution in [-0.4, -0.2) is 17.5 Å². The molecule has 86 valence electrons. The first kappa shape index (κ1) is 11.6. The van der Waals surface area contributed by atoms with Gasteiger partial charge >= 0.3 is 0 Å². The largest absolute Gasteiger partial charge is 0.507 e. The highest BCUT2D eigenvalue weighted by Crippen LogP contribution is 2.19. The third-order valence-electron chi connectivity index (χ3n) is 1.98. The molecule has 0 bridgehead atoms. The Bertz CT molecular complexity index is 548. The highest BCUT2D eigenvalue weighted by Gasteiger charge is 1.97. The highest BCUT2D eigenvalue weighted by molar-refractivity contribution is 9.10. The molecule has 0 atom stereocenters. The van der Waals surface area contributed by atoms with Crippen molar-refractivity contribution in [3.63, 3.8) is 0 Å². The molecule has 0 aliphatic rings. The SMILES string of the molecule is Oc1ccc(Br)cc1C=NN=Cc1ccco1. The van der Waals surface area contributed by atoms with E-state index in [1.807, 2.05) is 0 Å². The van der Waals surface area contributed by atoms with Gasteiger partial charge in [-0.3, -0.25) is 0 Å². The molecular formula is C12H9BrN2O2. The summed E-state index contributed by atoms with van der Waals surface area (Å²) < 4.78 is 5.92. The summed E-state index contributed by atoms with van der Waals surface area (Å²) in [6.45, 7) is 0. The molecule has 1 heterocycles. The van der Waals surface area contributed by atoms with E-state index in [0.29, 0.717) is 11.3 Å². The average Bonchev–Trinajstić information content (AvgIpc) is 2.82. The van der Waals surface area contributed by atoms with Crippen LogP contribution in [0, 0.1) is 0 Å². The summed E-state index contributed by atoms with van der Waals surface area (Å²) in [7, 11) is 0. The number of benzene rings is 1. The summed E-state index contributed by atoms with van der Waals surface area (Å²) in [5, 5.41) is 17.2. The first-order valence-electron chi connectivity index (χ1n) is 4.84. The molecule has 1 N–H and O–H groups in total. The van der Waals surface area contributed by atoms with E-state index in [9.17, 15) is 5.11 Å². The van der Waals surface area contributed by atoms with Crippen LogP contribution < -0.4 is 0 Å². The maximum Gasteiger partial charge on any atom is 0.146 e. The summed E-state index contributed by atoms with van der Waals surface area (Å²) in [6, 6.07) is 8.63. The molecule has 0 saturated carbocycles. The second kappa shape index (κ2) is 5.45. The Morgan fingerprint density at radius 2 is 2.00 bits per heavy atom. The normalized spacial score (nSPS) is 11.6. The fourth-order valence-corrected chi connectivity index (χ4v) is 1.56. The molecule has 1 aromatic heterocycles. The van der Waals surface area contributed by atoms with Crippen LogP contribution in [0.4, 0.5) is 0 Å². The van der Waals surface area contributed by atoms with Gasteiger partial charge in [0.15, 0.2) is 0 Å². The number of hydrogen-bond donors (Lipinski definition) is 1. The Balaban J connectivity index is 2.08. The maximum atomic E-state index is 9.54. The van der Waals surface area contributed by atoms with E-state index >= 15 is 0 Å². The fraction of sp³-hybridized carbons (Fsp3) is 0. The third-order valence-corrected chi connectivity index (χ3v) is 2.47. The second-order valence-electron chi connectivity index (χ2n) is 3.21. The van der Waals surface area contributed by atoms with Gasteiger partial charge in [0.2, 0.25) is 0 Å². The summed E-state index contributed by atoms with van der Waals surface area (Å²) in [5.41, 5.74) is 0.593. The lowest BCUT2D eigenvalue weighted by Crippen LogP contribution is -1.82. The number of phenols is 1. The van der Waals surface area contributed by atoms with Crippen LogP contribution in [0.3, 0.4) is 0 Å². The minimum absolute atomic E-state index is 0.158. The first-order chi connectivity index (χ1) is 8.25. The summed E-state index contributed by atoms with van der Waals surface area (Å²) in [5.74, 6) is 0.783. The van der Waals surface area contributed by atoms with Gasteiger partial charge in [-0.15, -0.1) is 0 Å². The van der Waals surface area contributed by atoms with Crippen molar-refractivity contribution >= 4 is 28.4 Å². The van der Waals surface area contributed by atoms with E-state index in [1.165, 1.54) is 12.4 Å². The van der Waals surface area contributed by atoms with E-state index in [4.69, 9.17) is 4.42 Å². The molecule has 0 spiro atoms. The number of nitrogens with zero attached hydrogens (tertiary/aromatic N) is 2. The van der Waals surface area contributed by atoms with E-state index in [-0.39, 0.29) is 5.75 Å². The van der Waals surface area contributed by atoms with Gasteiger partial charge in [-0.25, -0.2) is 0 Å². The lowest BCUT2D eigenvalue weighted by atomic mass is 10.2. The van der Waals surface area contributed by atoms with Crippen molar-refractivity contribution < 1.29 is 9.52 Å². The van der Waals surface area contributed by atoms with Crippen molar-refractivity contribution in [1.29, 1.82) is 0 Å². The molecule has 0 fully saturated rings. The van der Waals surface area contributed by atoms with Crippen LogP contribution in [0.1, 0.15) is 11.3 Å². The summed E-state index contributed by atoms with van der Waals surface area (Å²) in [6.07, 6.45) is 4.52. The van der Waals surface area contributed by atoms with E-state index in [0.717, 1.165) is 4.47 Å². The monoisotopic (exact) mass is 292 g/mol. The topological polar surface area (TPSA) is 58.1 Å². The van der Waals surface area contributed by atoms with Gasteiger partial charge in [0.05, 0.1) is 18.7 Å². The lowest BCUT2D eigenvalue weighted by Gasteiger charge is -1.97. The van der Waals surface area contributed by atoms with Gasteiger partial charge in [-0.1, -0.05) is 15.9 Å². The zero-order chi connectivity index (χ0) is 12.1. The van der Waals surface area contributed by atoms with Gasteiger partial charge < -0.3 is 9.52 Å². The van der Waals surface area contributed by atoms with E-state index in [2.05, 4.69) is 26.1 Å². The molecule has 2 rings (SSSR count). The highest BCUT2D eigenvalue weighted by atomic mass is 79.9. The number of furan rings is 1. The van der Waals surface area contributed by atoms with Gasteiger partial charge in [0, 0.05) is 10.0 Å². The van der Waals surface area contributed by atoms with Crippen LogP contribution in [-0.2, 0) is 0 Å². The van der Waals surface area contributed by atoms with Crippen LogP contribution in [0.15, 0.2) is 55.7 Å². The Morgan fingerprint density at radius 3 is 2.76 bits per heavy atom. The molecule has 0 radical (unpaired) electrons. The molecule has 4 nitrogen and oxygen atoms in total. The van der Waals surface area contributed by atoms with Crippen molar-refractivity contribution in [3.05, 3.63) is 52.4 Å². The van der Waals surface area contributed by atoms with Crippen LogP contribution >= 0.6 is 15.9 Å². The summed E-state index contributed by atoms with van der Waals surface area (Å²) in [4.78, 5) is 0. The Kier molecular flexibility index (Phi) is 3.72. The zero-order valence-corrected chi connectivity index (χ0v) is 10.3. The Morgan fingerprint density at radius 1 is 1.18 bits per heavy atom. The predicted molar refractivity (Wildman–Crippen MR) is 69.7 cm³/mol. The molecule has 0 amide bonds. The van der Waals surface area contributed by atoms with Crippen molar-refractivity contribution in [3.8, 4) is 5.75 Å². The molecular weight excluding hydrogens is 284 g/mol. The molecule has 0 aliphatic carbocycles. The van der Waals surface area contributed by atoms with Gasteiger partial charge in [0.1, 0.15) is 11.5 Å². The maximum absolute atomic E-state index is 9.54. The smallest absolute Gasteiger partial charge is 0.146 e. The van der Waals surface area contributed by atoms with Gasteiger partial charge in [0.25, 0.3) is 0 Å². The van der Waals surface area contributed by atoms with Gasteiger partial charge in [-0.05, 0) is 30.3 Å². The number of phenolic OH excluding ortho intramolecular Hbond substituents is 1. The zero-order valence-electron chi connectivity index (χ0n) is 8.75. The van der Waals surface area contributed by atoms with Crippen molar-refractivity contribution in [2.24, 2.45) is 10.2 Å². The Hall–Kier alpha value is -1.88. The second-order valence-corrected chi connectivity index (χ2v) is 4.12. The molecule has 1 aromatic carbocycles. The summed E-state index contributed by atoms with van der Waals surface area (Å²) >= 11 is 3.31. The first-order valence-corrected chi connectivity index (χ1v) is 5.63. The fourth-order valence-electron chi connectivity index (χ4n) is 1.18. The minimum Gasteiger partial charge on any atom is -0.507 e. The van der Waals surface area contributed by atoms with Crippen molar-refractivity contribution in [2.45, 2.75) is 0 Å². The van der Waals surface area contributed by atoms with Crippen LogP contribution in [0.25, 0.3) is 0 Å².